The van der Waals surface area contributed by atoms with Crippen LogP contribution in [0.4, 0.5) is 18.9 Å². The van der Waals surface area contributed by atoms with Crippen molar-refractivity contribution in [2.24, 2.45) is 11.7 Å². The largest absolute Gasteiger partial charge is 0.401 e. The van der Waals surface area contributed by atoms with Crippen LogP contribution in [0.5, 0.6) is 0 Å². The summed E-state index contributed by atoms with van der Waals surface area (Å²) in [6.07, 6.45) is 1.26. The van der Waals surface area contributed by atoms with E-state index in [1.165, 1.54) is 18.6 Å². The van der Waals surface area contributed by atoms with E-state index in [-0.39, 0.29) is 5.56 Å². The zero-order valence-corrected chi connectivity index (χ0v) is 17.8. The maximum atomic E-state index is 13.0. The molecular formula is C21H23F3N6O3. The number of aromatic amines is 1. The lowest BCUT2D eigenvalue weighted by atomic mass is 9.79. The number of nitrogens with two attached hydrogens (primary N) is 1. The van der Waals surface area contributed by atoms with Gasteiger partial charge >= 0.3 is 6.18 Å². The molecule has 176 valence electrons. The Labute approximate surface area is 186 Å². The van der Waals surface area contributed by atoms with Gasteiger partial charge in [-0.25, -0.2) is 4.98 Å². The molecule has 0 saturated heterocycles. The van der Waals surface area contributed by atoms with Crippen molar-refractivity contribution in [3.8, 4) is 11.1 Å². The molecule has 0 unspecified atom stereocenters. The number of anilines is 1. The standard InChI is InChI=1S/C21H23F3N6O3/c1-11(2)21(19(25)33,29-10-20(22,23)24)13-3-12(5-26-6-13)16-8-28-18-15(16)4-14(7-27-18)30-17(32)9-31/h3-8,11,29,31H,9-10H2,1-2H3,(H2,25,33)(H,27,28)(H,30,32)/t21-/m1/s1. The van der Waals surface area contributed by atoms with Crippen LogP contribution in [0.2, 0.25) is 0 Å². The van der Waals surface area contributed by atoms with E-state index in [2.05, 4.69) is 25.6 Å². The molecule has 0 bridgehead atoms. The molecule has 9 nitrogen and oxygen atoms in total. The van der Waals surface area contributed by atoms with E-state index in [1.807, 2.05) is 0 Å². The van der Waals surface area contributed by atoms with Crippen LogP contribution < -0.4 is 16.4 Å². The lowest BCUT2D eigenvalue weighted by Gasteiger charge is -2.36. The average Bonchev–Trinajstić information content (AvgIpc) is 3.16. The third-order valence-corrected chi connectivity index (χ3v) is 5.29. The number of aliphatic hydroxyl groups excluding tert-OH is 1. The highest BCUT2D eigenvalue weighted by Crippen LogP contribution is 2.35. The molecule has 1 atom stereocenters. The fourth-order valence-electron chi connectivity index (χ4n) is 3.71. The number of rotatable bonds is 8. The van der Waals surface area contributed by atoms with Crippen LogP contribution in [0.15, 0.2) is 36.9 Å². The number of pyridine rings is 2. The average molecular weight is 464 g/mol. The number of H-pyrrole nitrogens is 1. The molecule has 3 rings (SSSR count). The normalized spacial score (nSPS) is 13.8. The van der Waals surface area contributed by atoms with Crippen molar-refractivity contribution < 1.29 is 27.9 Å². The SMILES string of the molecule is CC(C)[C@](NCC(F)(F)F)(C(N)=O)c1cncc(-c2c[nH]c3ncc(NC(=O)CO)cc23)c1. The number of carbonyl (C=O) groups is 2. The summed E-state index contributed by atoms with van der Waals surface area (Å²) in [6, 6.07) is 3.17. The zero-order chi connectivity index (χ0) is 24.4. The smallest absolute Gasteiger partial charge is 0.387 e. The number of hydrogen-bond donors (Lipinski definition) is 5. The first-order valence-electron chi connectivity index (χ1n) is 9.93. The maximum absolute atomic E-state index is 13.0. The number of aromatic nitrogens is 3. The molecule has 0 aliphatic rings. The first-order valence-corrected chi connectivity index (χ1v) is 9.93. The predicted molar refractivity (Wildman–Crippen MR) is 115 cm³/mol. The number of halogens is 3. The van der Waals surface area contributed by atoms with Gasteiger partial charge < -0.3 is 21.1 Å². The van der Waals surface area contributed by atoms with Gasteiger partial charge in [-0.15, -0.1) is 0 Å². The number of carbonyl (C=O) groups excluding carboxylic acids is 2. The van der Waals surface area contributed by atoms with Gasteiger partial charge in [-0.2, -0.15) is 13.2 Å². The van der Waals surface area contributed by atoms with Crippen LogP contribution in [0.3, 0.4) is 0 Å². The zero-order valence-electron chi connectivity index (χ0n) is 17.8. The second-order valence-corrected chi connectivity index (χ2v) is 7.79. The molecule has 3 aromatic rings. The Bertz CT molecular complexity index is 1180. The van der Waals surface area contributed by atoms with Crippen molar-refractivity contribution in [3.63, 3.8) is 0 Å². The third kappa shape index (κ3) is 4.96. The summed E-state index contributed by atoms with van der Waals surface area (Å²) >= 11 is 0. The molecule has 0 spiro atoms. The molecule has 0 fully saturated rings. The number of fused-ring (bicyclic) bond motifs is 1. The van der Waals surface area contributed by atoms with E-state index < -0.39 is 42.6 Å². The quantitative estimate of drug-likeness (QED) is 0.345. The number of nitrogens with zero attached hydrogens (tertiary/aromatic N) is 2. The van der Waals surface area contributed by atoms with Gasteiger partial charge in [0.25, 0.3) is 0 Å². The number of alkyl halides is 3. The maximum Gasteiger partial charge on any atom is 0.401 e. The summed E-state index contributed by atoms with van der Waals surface area (Å²) in [5.41, 5.74) is 5.87. The minimum absolute atomic E-state index is 0.179. The Kier molecular flexibility index (Phi) is 6.70. The number of aliphatic hydroxyl groups is 1. The van der Waals surface area contributed by atoms with Crippen molar-refractivity contribution in [2.45, 2.75) is 25.6 Å². The molecule has 0 saturated carbocycles. The molecule has 3 aromatic heterocycles. The lowest BCUT2D eigenvalue weighted by Crippen LogP contribution is -2.58. The molecule has 3 heterocycles. The lowest BCUT2D eigenvalue weighted by molar-refractivity contribution is -0.139. The number of primary amides is 1. The number of amides is 2. The molecular weight excluding hydrogens is 441 g/mol. The highest BCUT2D eigenvalue weighted by atomic mass is 19.4. The van der Waals surface area contributed by atoms with Gasteiger partial charge in [-0.1, -0.05) is 13.8 Å². The van der Waals surface area contributed by atoms with E-state index in [1.54, 1.807) is 32.2 Å². The Hall–Kier alpha value is -3.51. The van der Waals surface area contributed by atoms with Crippen LogP contribution >= 0.6 is 0 Å². The third-order valence-electron chi connectivity index (χ3n) is 5.29. The van der Waals surface area contributed by atoms with E-state index in [0.717, 1.165) is 0 Å². The molecule has 0 aromatic carbocycles. The molecule has 6 N–H and O–H groups in total. The van der Waals surface area contributed by atoms with Crippen molar-refractivity contribution >= 4 is 28.5 Å². The van der Waals surface area contributed by atoms with Crippen molar-refractivity contribution in [3.05, 3.63) is 42.5 Å². The van der Waals surface area contributed by atoms with E-state index >= 15 is 0 Å². The van der Waals surface area contributed by atoms with E-state index in [0.29, 0.717) is 27.8 Å². The van der Waals surface area contributed by atoms with Crippen LogP contribution in [-0.2, 0) is 15.1 Å². The van der Waals surface area contributed by atoms with Crippen molar-refractivity contribution in [1.29, 1.82) is 0 Å². The number of hydrogen-bond acceptors (Lipinski definition) is 6. The molecule has 0 aliphatic carbocycles. The second-order valence-electron chi connectivity index (χ2n) is 7.79. The summed E-state index contributed by atoms with van der Waals surface area (Å²) in [5.74, 6) is -2.20. The summed E-state index contributed by atoms with van der Waals surface area (Å²) in [6.45, 7) is 1.07. The Morgan fingerprint density at radius 3 is 2.55 bits per heavy atom. The van der Waals surface area contributed by atoms with Gasteiger partial charge in [0.05, 0.1) is 18.4 Å². The Morgan fingerprint density at radius 1 is 1.21 bits per heavy atom. The first-order chi connectivity index (χ1) is 15.5. The van der Waals surface area contributed by atoms with E-state index in [4.69, 9.17) is 10.8 Å². The summed E-state index contributed by atoms with van der Waals surface area (Å²) < 4.78 is 38.9. The Balaban J connectivity index is 2.09. The van der Waals surface area contributed by atoms with Gasteiger partial charge in [0.2, 0.25) is 11.8 Å². The van der Waals surface area contributed by atoms with Crippen LogP contribution in [0, 0.1) is 5.92 Å². The second kappa shape index (κ2) is 9.16. The molecule has 0 aliphatic heterocycles. The molecule has 33 heavy (non-hydrogen) atoms. The highest BCUT2D eigenvalue weighted by Gasteiger charge is 2.44. The minimum Gasteiger partial charge on any atom is -0.387 e. The number of nitrogens with one attached hydrogen (secondary N) is 3. The van der Waals surface area contributed by atoms with Crippen molar-refractivity contribution in [1.82, 2.24) is 20.3 Å². The minimum atomic E-state index is -4.56. The molecule has 0 radical (unpaired) electrons. The molecule has 12 heteroatoms. The first kappa shape index (κ1) is 24.1. The van der Waals surface area contributed by atoms with Crippen LogP contribution in [0.25, 0.3) is 22.2 Å². The molecule has 2 amide bonds. The monoisotopic (exact) mass is 464 g/mol. The van der Waals surface area contributed by atoms with Gasteiger partial charge in [0.15, 0.2) is 0 Å². The van der Waals surface area contributed by atoms with Gasteiger partial charge in [0, 0.05) is 40.7 Å². The topological polar surface area (TPSA) is 146 Å². The highest BCUT2D eigenvalue weighted by molar-refractivity contribution is 5.98. The summed E-state index contributed by atoms with van der Waals surface area (Å²) in [7, 11) is 0. The summed E-state index contributed by atoms with van der Waals surface area (Å²) in [4.78, 5) is 35.3. The fourth-order valence-corrected chi connectivity index (χ4v) is 3.71. The Morgan fingerprint density at radius 2 is 1.94 bits per heavy atom. The van der Waals surface area contributed by atoms with Gasteiger partial charge in [-0.3, -0.25) is 19.9 Å². The van der Waals surface area contributed by atoms with Crippen LogP contribution in [0.1, 0.15) is 19.4 Å². The van der Waals surface area contributed by atoms with Crippen LogP contribution in [-0.4, -0.2) is 51.2 Å². The predicted octanol–water partition coefficient (Wildman–Crippen LogP) is 2.04. The van der Waals surface area contributed by atoms with E-state index in [9.17, 15) is 22.8 Å². The van der Waals surface area contributed by atoms with Gasteiger partial charge in [-0.05, 0) is 18.1 Å². The fraction of sp³-hybridized carbons (Fsp3) is 0.333. The van der Waals surface area contributed by atoms with Crippen molar-refractivity contribution in [2.75, 3.05) is 18.5 Å². The van der Waals surface area contributed by atoms with Gasteiger partial charge in [0.1, 0.15) is 17.8 Å². The summed E-state index contributed by atoms with van der Waals surface area (Å²) in [5, 5.41) is 14.3.